The molecular formula is C15H13BrFNO. The van der Waals surface area contributed by atoms with Gasteiger partial charge in [0.15, 0.2) is 0 Å². The fraction of sp³-hybridized carbons (Fsp3) is 0.133. The number of nitrogens with one attached hydrogen (secondary N) is 1. The van der Waals surface area contributed by atoms with Gasteiger partial charge in [0.1, 0.15) is 5.82 Å². The normalized spacial score (nSPS) is 10.2. The SMILES string of the molecule is O=C(CCc1ccccc1Br)Nc1ccc(F)cc1. The largest absolute Gasteiger partial charge is 0.326 e. The van der Waals surface area contributed by atoms with Crippen LogP contribution in [-0.2, 0) is 11.2 Å². The molecule has 0 bridgehead atoms. The van der Waals surface area contributed by atoms with Crippen molar-refractivity contribution in [2.75, 3.05) is 5.32 Å². The maximum absolute atomic E-state index is 12.7. The van der Waals surface area contributed by atoms with E-state index in [0.717, 1.165) is 10.0 Å². The summed E-state index contributed by atoms with van der Waals surface area (Å²) in [5.74, 6) is -0.395. The maximum Gasteiger partial charge on any atom is 0.224 e. The Labute approximate surface area is 119 Å². The summed E-state index contributed by atoms with van der Waals surface area (Å²) < 4.78 is 13.7. The molecule has 98 valence electrons. The minimum absolute atomic E-state index is 0.0811. The zero-order valence-electron chi connectivity index (χ0n) is 10.2. The van der Waals surface area contributed by atoms with E-state index in [4.69, 9.17) is 0 Å². The van der Waals surface area contributed by atoms with Gasteiger partial charge in [0.25, 0.3) is 0 Å². The number of carbonyl (C=O) groups is 1. The van der Waals surface area contributed by atoms with Gasteiger partial charge in [-0.2, -0.15) is 0 Å². The number of carbonyl (C=O) groups excluding carboxylic acids is 1. The van der Waals surface area contributed by atoms with Crippen molar-refractivity contribution in [1.82, 2.24) is 0 Å². The molecule has 0 aromatic heterocycles. The summed E-state index contributed by atoms with van der Waals surface area (Å²) in [7, 11) is 0. The van der Waals surface area contributed by atoms with Crippen LogP contribution >= 0.6 is 15.9 Å². The highest BCUT2D eigenvalue weighted by atomic mass is 79.9. The Morgan fingerprint density at radius 1 is 1.11 bits per heavy atom. The molecule has 0 aliphatic carbocycles. The summed E-state index contributed by atoms with van der Waals surface area (Å²) in [5.41, 5.74) is 1.70. The number of anilines is 1. The summed E-state index contributed by atoms with van der Waals surface area (Å²) in [6, 6.07) is 13.6. The van der Waals surface area contributed by atoms with Crippen LogP contribution in [0.1, 0.15) is 12.0 Å². The monoisotopic (exact) mass is 321 g/mol. The fourth-order valence-corrected chi connectivity index (χ4v) is 2.19. The average Bonchev–Trinajstić information content (AvgIpc) is 2.40. The van der Waals surface area contributed by atoms with Crippen LogP contribution in [-0.4, -0.2) is 5.91 Å². The number of hydrogen-bond acceptors (Lipinski definition) is 1. The van der Waals surface area contributed by atoms with Gasteiger partial charge < -0.3 is 5.32 Å². The van der Waals surface area contributed by atoms with Gasteiger partial charge >= 0.3 is 0 Å². The highest BCUT2D eigenvalue weighted by Crippen LogP contribution is 2.17. The molecule has 0 fully saturated rings. The lowest BCUT2D eigenvalue weighted by Gasteiger charge is -2.06. The van der Waals surface area contributed by atoms with Gasteiger partial charge in [-0.05, 0) is 42.3 Å². The lowest BCUT2D eigenvalue weighted by molar-refractivity contribution is -0.116. The predicted molar refractivity (Wildman–Crippen MR) is 77.5 cm³/mol. The van der Waals surface area contributed by atoms with Crippen LogP contribution < -0.4 is 5.32 Å². The third-order valence-corrected chi connectivity index (χ3v) is 3.48. The molecule has 0 saturated heterocycles. The van der Waals surface area contributed by atoms with E-state index in [-0.39, 0.29) is 11.7 Å². The highest BCUT2D eigenvalue weighted by molar-refractivity contribution is 9.10. The first-order valence-corrected chi connectivity index (χ1v) is 6.73. The van der Waals surface area contributed by atoms with Gasteiger partial charge in [-0.1, -0.05) is 34.1 Å². The van der Waals surface area contributed by atoms with Crippen molar-refractivity contribution in [3.05, 3.63) is 64.4 Å². The molecule has 2 aromatic rings. The van der Waals surface area contributed by atoms with Gasteiger partial charge in [-0.15, -0.1) is 0 Å². The second-order valence-electron chi connectivity index (χ2n) is 4.15. The van der Waals surface area contributed by atoms with E-state index in [2.05, 4.69) is 21.2 Å². The summed E-state index contributed by atoms with van der Waals surface area (Å²) in [5, 5.41) is 2.74. The van der Waals surface area contributed by atoms with E-state index in [1.165, 1.54) is 12.1 Å². The van der Waals surface area contributed by atoms with E-state index >= 15 is 0 Å². The van der Waals surface area contributed by atoms with Crippen molar-refractivity contribution in [3.63, 3.8) is 0 Å². The summed E-state index contributed by atoms with van der Waals surface area (Å²) in [6.07, 6.45) is 1.05. The Morgan fingerprint density at radius 3 is 2.47 bits per heavy atom. The summed E-state index contributed by atoms with van der Waals surface area (Å²) >= 11 is 3.45. The van der Waals surface area contributed by atoms with E-state index in [1.807, 2.05) is 24.3 Å². The van der Waals surface area contributed by atoms with Crippen LogP contribution in [0.4, 0.5) is 10.1 Å². The van der Waals surface area contributed by atoms with E-state index in [1.54, 1.807) is 12.1 Å². The molecule has 0 unspecified atom stereocenters. The van der Waals surface area contributed by atoms with Gasteiger partial charge in [0, 0.05) is 16.6 Å². The molecule has 0 atom stereocenters. The molecule has 2 aromatic carbocycles. The number of benzene rings is 2. The third kappa shape index (κ3) is 4.17. The molecule has 4 heteroatoms. The van der Waals surface area contributed by atoms with Crippen LogP contribution in [0.2, 0.25) is 0 Å². The Kier molecular flexibility index (Phi) is 4.68. The quantitative estimate of drug-likeness (QED) is 0.900. The van der Waals surface area contributed by atoms with Crippen LogP contribution in [0.5, 0.6) is 0 Å². The molecule has 0 aliphatic heterocycles. The number of aryl methyl sites for hydroxylation is 1. The second-order valence-corrected chi connectivity index (χ2v) is 5.00. The molecule has 0 spiro atoms. The lowest BCUT2D eigenvalue weighted by Crippen LogP contribution is -2.12. The zero-order chi connectivity index (χ0) is 13.7. The van der Waals surface area contributed by atoms with Crippen molar-refractivity contribution in [1.29, 1.82) is 0 Å². The smallest absolute Gasteiger partial charge is 0.224 e. The minimum atomic E-state index is -0.314. The molecule has 0 radical (unpaired) electrons. The Balaban J connectivity index is 1.88. The van der Waals surface area contributed by atoms with Gasteiger partial charge in [0.05, 0.1) is 0 Å². The highest BCUT2D eigenvalue weighted by Gasteiger charge is 2.05. The summed E-state index contributed by atoms with van der Waals surface area (Å²) in [4.78, 5) is 11.8. The molecule has 0 heterocycles. The average molecular weight is 322 g/mol. The van der Waals surface area contributed by atoms with Crippen molar-refractivity contribution in [2.45, 2.75) is 12.8 Å². The van der Waals surface area contributed by atoms with Gasteiger partial charge in [-0.25, -0.2) is 4.39 Å². The van der Waals surface area contributed by atoms with Crippen molar-refractivity contribution in [3.8, 4) is 0 Å². The first-order valence-electron chi connectivity index (χ1n) is 5.94. The Hall–Kier alpha value is -1.68. The lowest BCUT2D eigenvalue weighted by atomic mass is 10.1. The molecule has 1 N–H and O–H groups in total. The molecule has 0 aliphatic rings. The van der Waals surface area contributed by atoms with Crippen LogP contribution in [0.15, 0.2) is 53.0 Å². The molecule has 19 heavy (non-hydrogen) atoms. The molecule has 2 nitrogen and oxygen atoms in total. The zero-order valence-corrected chi connectivity index (χ0v) is 11.8. The molecule has 1 amide bonds. The van der Waals surface area contributed by atoms with Crippen molar-refractivity contribution in [2.24, 2.45) is 0 Å². The standard InChI is InChI=1S/C15H13BrFNO/c16-14-4-2-1-3-11(14)5-10-15(19)18-13-8-6-12(17)7-9-13/h1-4,6-9H,5,10H2,(H,18,19). The fourth-order valence-electron chi connectivity index (χ4n) is 1.71. The minimum Gasteiger partial charge on any atom is -0.326 e. The predicted octanol–water partition coefficient (Wildman–Crippen LogP) is 4.16. The number of hydrogen-bond donors (Lipinski definition) is 1. The van der Waals surface area contributed by atoms with Gasteiger partial charge in [0.2, 0.25) is 5.91 Å². The maximum atomic E-state index is 12.7. The van der Waals surface area contributed by atoms with E-state index in [9.17, 15) is 9.18 Å². The molecule has 0 saturated carbocycles. The first kappa shape index (κ1) is 13.7. The van der Waals surface area contributed by atoms with E-state index < -0.39 is 0 Å². The van der Waals surface area contributed by atoms with Crippen molar-refractivity contribution < 1.29 is 9.18 Å². The van der Waals surface area contributed by atoms with Crippen LogP contribution in [0.25, 0.3) is 0 Å². The molecular weight excluding hydrogens is 309 g/mol. The number of halogens is 2. The number of rotatable bonds is 4. The third-order valence-electron chi connectivity index (χ3n) is 2.71. The van der Waals surface area contributed by atoms with Crippen molar-refractivity contribution >= 4 is 27.5 Å². The van der Waals surface area contributed by atoms with Crippen LogP contribution in [0.3, 0.4) is 0 Å². The molecule has 2 rings (SSSR count). The first-order chi connectivity index (χ1) is 9.15. The number of amides is 1. The van der Waals surface area contributed by atoms with Gasteiger partial charge in [-0.3, -0.25) is 4.79 Å². The topological polar surface area (TPSA) is 29.1 Å². The summed E-state index contributed by atoms with van der Waals surface area (Å²) in [6.45, 7) is 0. The Bertz CT molecular complexity index is 569. The van der Waals surface area contributed by atoms with E-state index in [0.29, 0.717) is 18.5 Å². The second kappa shape index (κ2) is 6.48. The Morgan fingerprint density at radius 2 is 1.79 bits per heavy atom. The van der Waals surface area contributed by atoms with Crippen LogP contribution in [0, 0.1) is 5.82 Å².